The van der Waals surface area contributed by atoms with Crippen LogP contribution in [0.4, 0.5) is 13.2 Å². The minimum Gasteiger partial charge on any atom is -0.357 e. The Balaban J connectivity index is 0.00000364. The van der Waals surface area contributed by atoms with Crippen LogP contribution < -0.4 is 10.6 Å². The summed E-state index contributed by atoms with van der Waals surface area (Å²) < 4.78 is 37.7. The van der Waals surface area contributed by atoms with Crippen molar-refractivity contribution in [3.8, 4) is 0 Å². The quantitative estimate of drug-likeness (QED) is 0.256. The van der Waals surface area contributed by atoms with Gasteiger partial charge in [-0.1, -0.05) is 29.8 Å². The van der Waals surface area contributed by atoms with Crippen molar-refractivity contribution in [2.45, 2.75) is 26.1 Å². The van der Waals surface area contributed by atoms with Gasteiger partial charge in [0.1, 0.15) is 5.15 Å². The molecule has 0 bridgehead atoms. The van der Waals surface area contributed by atoms with Crippen molar-refractivity contribution in [3.63, 3.8) is 0 Å². The lowest BCUT2D eigenvalue weighted by Gasteiger charge is -2.12. The van der Waals surface area contributed by atoms with Gasteiger partial charge in [0, 0.05) is 19.3 Å². The highest BCUT2D eigenvalue weighted by molar-refractivity contribution is 14.0. The fourth-order valence-corrected chi connectivity index (χ4v) is 2.31. The lowest BCUT2D eigenvalue weighted by atomic mass is 10.1. The zero-order valence-electron chi connectivity index (χ0n) is 14.7. The van der Waals surface area contributed by atoms with Gasteiger partial charge >= 0.3 is 6.18 Å². The largest absolute Gasteiger partial charge is 0.416 e. The minimum atomic E-state index is -4.31. The molecule has 0 aliphatic carbocycles. The summed E-state index contributed by atoms with van der Waals surface area (Å²) >= 11 is 5.75. The molecule has 0 fully saturated rings. The zero-order chi connectivity index (χ0) is 19.0. The molecule has 0 unspecified atom stereocenters. The van der Waals surface area contributed by atoms with Crippen LogP contribution in [0.25, 0.3) is 0 Å². The first-order chi connectivity index (χ1) is 12.4. The highest BCUT2D eigenvalue weighted by atomic mass is 127. The fourth-order valence-electron chi connectivity index (χ4n) is 2.20. The normalized spacial score (nSPS) is 11.7. The van der Waals surface area contributed by atoms with Crippen LogP contribution in [0.15, 0.2) is 47.6 Å². The molecule has 0 saturated heterocycles. The Labute approximate surface area is 178 Å². The molecule has 0 aliphatic rings. The number of benzene rings is 1. The van der Waals surface area contributed by atoms with Gasteiger partial charge in [-0.15, -0.1) is 24.0 Å². The van der Waals surface area contributed by atoms with E-state index in [1.54, 1.807) is 12.3 Å². The van der Waals surface area contributed by atoms with E-state index in [-0.39, 0.29) is 24.0 Å². The molecule has 2 rings (SSSR count). The summed E-state index contributed by atoms with van der Waals surface area (Å²) in [5, 5.41) is 6.72. The number of halogens is 5. The lowest BCUT2D eigenvalue weighted by Crippen LogP contribution is -2.38. The molecule has 2 aromatic rings. The fraction of sp³-hybridized carbons (Fsp3) is 0.333. The van der Waals surface area contributed by atoms with E-state index in [1.807, 2.05) is 13.0 Å². The standard InChI is InChI=1S/C18H20ClF3N4.HI/c1-2-23-17(26-12-14-5-8-16(19)25-11-14)24-10-9-13-3-6-15(7-4-13)18(20,21)22;/h3-8,11H,2,9-10,12H2,1H3,(H2,23,24,26);1H. The Hall–Kier alpha value is -1.55. The molecule has 0 spiro atoms. The monoisotopic (exact) mass is 512 g/mol. The maximum Gasteiger partial charge on any atom is 0.416 e. The van der Waals surface area contributed by atoms with Gasteiger partial charge in [0.15, 0.2) is 5.96 Å². The van der Waals surface area contributed by atoms with Crippen molar-refractivity contribution >= 4 is 41.5 Å². The summed E-state index contributed by atoms with van der Waals surface area (Å²) in [6.07, 6.45) is -2.05. The van der Waals surface area contributed by atoms with Crippen molar-refractivity contribution in [2.75, 3.05) is 13.1 Å². The number of nitrogens with one attached hydrogen (secondary N) is 2. The second kappa shape index (κ2) is 11.3. The van der Waals surface area contributed by atoms with Crippen molar-refractivity contribution in [3.05, 3.63) is 64.4 Å². The summed E-state index contributed by atoms with van der Waals surface area (Å²) in [5.74, 6) is 0.634. The van der Waals surface area contributed by atoms with Gasteiger partial charge in [0.2, 0.25) is 0 Å². The van der Waals surface area contributed by atoms with Crippen LogP contribution in [0.3, 0.4) is 0 Å². The van der Waals surface area contributed by atoms with Crippen LogP contribution >= 0.6 is 35.6 Å². The molecule has 2 N–H and O–H groups in total. The van der Waals surface area contributed by atoms with Gasteiger partial charge in [-0.25, -0.2) is 9.98 Å². The van der Waals surface area contributed by atoms with Gasteiger partial charge in [0.25, 0.3) is 0 Å². The summed E-state index contributed by atoms with van der Waals surface area (Å²) in [6.45, 7) is 3.65. The van der Waals surface area contributed by atoms with Crippen molar-refractivity contribution in [1.29, 1.82) is 0 Å². The number of pyridine rings is 1. The zero-order valence-corrected chi connectivity index (χ0v) is 17.8. The third-order valence-electron chi connectivity index (χ3n) is 3.54. The van der Waals surface area contributed by atoms with E-state index in [0.717, 1.165) is 23.3 Å². The molecule has 0 aliphatic heterocycles. The Kier molecular flexibility index (Phi) is 9.86. The molecule has 27 heavy (non-hydrogen) atoms. The Morgan fingerprint density at radius 3 is 2.30 bits per heavy atom. The molecule has 4 nitrogen and oxygen atoms in total. The molecule has 148 valence electrons. The predicted molar refractivity (Wildman–Crippen MR) is 113 cm³/mol. The smallest absolute Gasteiger partial charge is 0.357 e. The predicted octanol–water partition coefficient (Wildman–Crippen LogP) is 4.67. The molecular weight excluding hydrogens is 492 g/mol. The molecule has 0 radical (unpaired) electrons. The Morgan fingerprint density at radius 1 is 1.07 bits per heavy atom. The maximum absolute atomic E-state index is 12.6. The third kappa shape index (κ3) is 8.34. The molecule has 1 aromatic carbocycles. The lowest BCUT2D eigenvalue weighted by molar-refractivity contribution is -0.137. The number of hydrogen-bond donors (Lipinski definition) is 2. The van der Waals surface area contributed by atoms with Crippen LogP contribution in [0.1, 0.15) is 23.6 Å². The molecule has 9 heteroatoms. The number of hydrogen-bond acceptors (Lipinski definition) is 2. The number of guanidine groups is 1. The highest BCUT2D eigenvalue weighted by Crippen LogP contribution is 2.29. The van der Waals surface area contributed by atoms with E-state index >= 15 is 0 Å². The average Bonchev–Trinajstić information content (AvgIpc) is 2.61. The summed E-state index contributed by atoms with van der Waals surface area (Å²) in [6, 6.07) is 8.74. The van der Waals surface area contributed by atoms with Crippen LogP contribution in [-0.2, 0) is 19.1 Å². The molecule has 0 amide bonds. The first-order valence-corrected chi connectivity index (χ1v) is 8.55. The molecule has 1 aromatic heterocycles. The number of aromatic nitrogens is 1. The van der Waals surface area contributed by atoms with Crippen LogP contribution in [-0.4, -0.2) is 24.0 Å². The molecule has 0 saturated carbocycles. The molecular formula is C18H21ClF3IN4. The molecule has 1 heterocycles. The number of alkyl halides is 3. The molecule has 0 atom stereocenters. The van der Waals surface area contributed by atoms with Crippen molar-refractivity contribution in [1.82, 2.24) is 15.6 Å². The number of nitrogens with zero attached hydrogens (tertiary/aromatic N) is 2. The number of aliphatic imine (C=N–C) groups is 1. The topological polar surface area (TPSA) is 49.3 Å². The average molecular weight is 513 g/mol. The van der Waals surface area contributed by atoms with E-state index in [9.17, 15) is 13.2 Å². The van der Waals surface area contributed by atoms with E-state index in [4.69, 9.17) is 11.6 Å². The van der Waals surface area contributed by atoms with E-state index in [1.165, 1.54) is 12.1 Å². The number of rotatable bonds is 6. The third-order valence-corrected chi connectivity index (χ3v) is 3.76. The SMILES string of the molecule is CCNC(=NCc1ccc(Cl)nc1)NCCc1ccc(C(F)(F)F)cc1.I. The second-order valence-corrected chi connectivity index (χ2v) is 5.94. The van der Waals surface area contributed by atoms with E-state index < -0.39 is 11.7 Å². The first-order valence-electron chi connectivity index (χ1n) is 8.17. The Morgan fingerprint density at radius 2 is 1.74 bits per heavy atom. The summed E-state index contributed by atoms with van der Waals surface area (Å²) in [7, 11) is 0. The minimum absolute atomic E-state index is 0. The van der Waals surface area contributed by atoms with Crippen molar-refractivity contribution < 1.29 is 13.2 Å². The highest BCUT2D eigenvalue weighted by Gasteiger charge is 2.29. The summed E-state index contributed by atoms with van der Waals surface area (Å²) in [4.78, 5) is 8.46. The van der Waals surface area contributed by atoms with Gasteiger partial charge in [-0.3, -0.25) is 0 Å². The van der Waals surface area contributed by atoms with Crippen LogP contribution in [0.5, 0.6) is 0 Å². The maximum atomic E-state index is 12.6. The first kappa shape index (κ1) is 23.5. The van der Waals surface area contributed by atoms with E-state index in [2.05, 4.69) is 20.6 Å². The van der Waals surface area contributed by atoms with Crippen LogP contribution in [0.2, 0.25) is 5.15 Å². The van der Waals surface area contributed by atoms with Crippen molar-refractivity contribution in [2.24, 2.45) is 4.99 Å². The van der Waals surface area contributed by atoms with Gasteiger partial charge in [0.05, 0.1) is 12.1 Å². The summed E-state index contributed by atoms with van der Waals surface area (Å²) in [5.41, 5.74) is 1.11. The van der Waals surface area contributed by atoms with E-state index in [0.29, 0.717) is 37.2 Å². The van der Waals surface area contributed by atoms with Crippen LogP contribution in [0, 0.1) is 0 Å². The van der Waals surface area contributed by atoms with Gasteiger partial charge in [-0.05, 0) is 42.7 Å². The second-order valence-electron chi connectivity index (χ2n) is 5.56. The van der Waals surface area contributed by atoms with Gasteiger partial charge in [-0.2, -0.15) is 13.2 Å². The van der Waals surface area contributed by atoms with Gasteiger partial charge < -0.3 is 10.6 Å². The Bertz CT molecular complexity index is 719.